The van der Waals surface area contributed by atoms with Gasteiger partial charge in [-0.25, -0.2) is 20.0 Å². The normalized spacial score (nSPS) is 11.9. The van der Waals surface area contributed by atoms with Crippen molar-refractivity contribution in [3.05, 3.63) is 35.4 Å². The van der Waals surface area contributed by atoms with Crippen LogP contribution in [0.2, 0.25) is 0 Å². The van der Waals surface area contributed by atoms with Crippen molar-refractivity contribution in [2.75, 3.05) is 13.6 Å². The highest BCUT2D eigenvalue weighted by Crippen LogP contribution is 2.16. The third-order valence-corrected chi connectivity index (χ3v) is 2.40. The molecule has 0 aromatic heterocycles. The molecule has 0 spiro atoms. The summed E-state index contributed by atoms with van der Waals surface area (Å²) in [5.74, 6) is 0. The number of hydrogen-bond donors (Lipinski definition) is 5. The van der Waals surface area contributed by atoms with Crippen LogP contribution < -0.4 is 16.2 Å². The molecule has 0 aliphatic rings. The summed E-state index contributed by atoms with van der Waals surface area (Å²) in [6.45, 7) is 0.174. The molecule has 0 heterocycles. The van der Waals surface area contributed by atoms with Crippen LogP contribution in [0.4, 0.5) is 4.79 Å². The van der Waals surface area contributed by atoms with E-state index in [1.54, 1.807) is 31.3 Å². The molecule has 0 saturated heterocycles. The van der Waals surface area contributed by atoms with Crippen molar-refractivity contribution in [2.24, 2.45) is 0 Å². The average molecular weight is 271 g/mol. The van der Waals surface area contributed by atoms with Gasteiger partial charge in [0.15, 0.2) is 0 Å². The third-order valence-electron chi connectivity index (χ3n) is 2.40. The first-order chi connectivity index (χ1) is 9.21. The van der Waals surface area contributed by atoms with Gasteiger partial charge in [-0.3, -0.25) is 15.9 Å². The highest BCUT2D eigenvalue weighted by atomic mass is 17.1. The number of amides is 2. The van der Waals surface area contributed by atoms with E-state index in [9.17, 15) is 4.79 Å². The van der Waals surface area contributed by atoms with Crippen LogP contribution in [-0.2, 0) is 16.4 Å². The molecule has 1 aromatic carbocycles. The van der Waals surface area contributed by atoms with Gasteiger partial charge in [0.05, 0.1) is 6.54 Å². The van der Waals surface area contributed by atoms with Gasteiger partial charge < -0.3 is 5.32 Å². The largest absolute Gasteiger partial charge is 0.334 e. The molecule has 8 heteroatoms. The van der Waals surface area contributed by atoms with Crippen LogP contribution in [-0.4, -0.2) is 30.1 Å². The predicted octanol–water partition coefficient (Wildman–Crippen LogP) is 0.641. The Bertz CT molecular complexity index is 384. The van der Waals surface area contributed by atoms with Crippen molar-refractivity contribution in [3.8, 4) is 0 Å². The zero-order chi connectivity index (χ0) is 14.1. The van der Waals surface area contributed by atoms with Crippen molar-refractivity contribution in [2.45, 2.75) is 12.7 Å². The molecule has 1 rings (SSSR count). The maximum Gasteiger partial charge on any atom is 0.329 e. The maximum absolute atomic E-state index is 11.2. The molecule has 0 bridgehead atoms. The highest BCUT2D eigenvalue weighted by Gasteiger charge is 2.13. The molecule has 0 radical (unpaired) electrons. The lowest BCUT2D eigenvalue weighted by atomic mass is 10.1. The van der Waals surface area contributed by atoms with E-state index < -0.39 is 12.1 Å². The van der Waals surface area contributed by atoms with Crippen molar-refractivity contribution in [1.29, 1.82) is 0 Å². The molecule has 1 aromatic rings. The Morgan fingerprint density at radius 3 is 2.53 bits per heavy atom. The summed E-state index contributed by atoms with van der Waals surface area (Å²) < 4.78 is 0. The molecule has 1 unspecified atom stereocenters. The first-order valence-corrected chi connectivity index (χ1v) is 5.57. The second-order valence-corrected chi connectivity index (χ2v) is 3.69. The Kier molecular flexibility index (Phi) is 6.79. The summed E-state index contributed by atoms with van der Waals surface area (Å²) in [6.07, 6.45) is -0.688. The molecule has 5 N–H and O–H groups in total. The minimum atomic E-state index is -0.688. The second kappa shape index (κ2) is 8.40. The number of nitrogens with one attached hydrogen (secondary N) is 3. The molecule has 0 aliphatic carbocycles. The Labute approximate surface area is 110 Å². The molecule has 0 fully saturated rings. The van der Waals surface area contributed by atoms with Gasteiger partial charge in [0.25, 0.3) is 0 Å². The van der Waals surface area contributed by atoms with E-state index in [0.717, 1.165) is 5.56 Å². The van der Waals surface area contributed by atoms with Gasteiger partial charge in [-0.1, -0.05) is 24.3 Å². The Morgan fingerprint density at radius 2 is 2.00 bits per heavy atom. The number of carbonyl (C=O) groups excluding carboxylic acids is 1. The monoisotopic (exact) mass is 271 g/mol. The fourth-order valence-corrected chi connectivity index (χ4v) is 1.46. The lowest BCUT2D eigenvalue weighted by molar-refractivity contribution is -0.279. The molecular weight excluding hydrogens is 254 g/mol. The van der Waals surface area contributed by atoms with Gasteiger partial charge >= 0.3 is 6.03 Å². The molecule has 0 aliphatic heterocycles. The fourth-order valence-electron chi connectivity index (χ4n) is 1.46. The van der Waals surface area contributed by atoms with Crippen LogP contribution in [0.1, 0.15) is 17.2 Å². The zero-order valence-electron chi connectivity index (χ0n) is 10.4. The smallest absolute Gasteiger partial charge is 0.329 e. The van der Waals surface area contributed by atoms with E-state index in [1.807, 2.05) is 0 Å². The summed E-state index contributed by atoms with van der Waals surface area (Å²) in [4.78, 5) is 19.5. The molecule has 8 nitrogen and oxygen atoms in total. The van der Waals surface area contributed by atoms with E-state index in [1.165, 1.54) is 0 Å². The molecule has 1 atom stereocenters. The van der Waals surface area contributed by atoms with E-state index in [-0.39, 0.29) is 13.2 Å². The maximum atomic E-state index is 11.2. The lowest BCUT2D eigenvalue weighted by Crippen LogP contribution is -2.43. The molecule has 106 valence electrons. The van der Waals surface area contributed by atoms with Crippen LogP contribution in [0.25, 0.3) is 0 Å². The molecule has 19 heavy (non-hydrogen) atoms. The minimum absolute atomic E-state index is 0.0771. The Hall–Kier alpha value is -1.71. The summed E-state index contributed by atoms with van der Waals surface area (Å²) in [5, 5.41) is 19.7. The summed E-state index contributed by atoms with van der Waals surface area (Å²) >= 11 is 0. The van der Waals surface area contributed by atoms with Crippen LogP contribution >= 0.6 is 0 Å². The van der Waals surface area contributed by atoms with E-state index in [0.29, 0.717) is 5.56 Å². The number of benzene rings is 1. The van der Waals surface area contributed by atoms with Crippen molar-refractivity contribution in [3.63, 3.8) is 0 Å². The van der Waals surface area contributed by atoms with Gasteiger partial charge in [0.2, 0.25) is 0 Å². The summed E-state index contributed by atoms with van der Waals surface area (Å²) in [5.41, 5.74) is 6.23. The summed E-state index contributed by atoms with van der Waals surface area (Å²) in [7, 11) is 1.56. The van der Waals surface area contributed by atoms with Crippen LogP contribution in [0.15, 0.2) is 24.3 Å². The lowest BCUT2D eigenvalue weighted by Gasteiger charge is -2.15. The molecular formula is C11H17N3O5. The van der Waals surface area contributed by atoms with E-state index in [2.05, 4.69) is 25.9 Å². The Balaban J connectivity index is 2.56. The Morgan fingerprint density at radius 1 is 1.32 bits per heavy atom. The van der Waals surface area contributed by atoms with Gasteiger partial charge in [-0.2, -0.15) is 0 Å². The first kappa shape index (κ1) is 15.3. The SMILES string of the molecule is CNNC(=O)NCC(OO)c1ccc(COO)cc1. The standard InChI is InChI=1S/C11H17N3O5/c1-12-14-11(15)13-6-10(19-17)9-4-2-8(3-5-9)7-18-16/h2-5,10,12,16-17H,6-7H2,1H3,(H2,13,14,15). The minimum Gasteiger partial charge on any atom is -0.334 e. The predicted molar refractivity (Wildman–Crippen MR) is 65.9 cm³/mol. The topological polar surface area (TPSA) is 112 Å². The van der Waals surface area contributed by atoms with Gasteiger partial charge in [0, 0.05) is 7.05 Å². The molecule has 0 saturated carbocycles. The number of carbonyl (C=O) groups is 1. The van der Waals surface area contributed by atoms with E-state index in [4.69, 9.17) is 10.5 Å². The number of hydrogen-bond acceptors (Lipinski definition) is 6. The van der Waals surface area contributed by atoms with Crippen LogP contribution in [0.5, 0.6) is 0 Å². The first-order valence-electron chi connectivity index (χ1n) is 5.57. The number of rotatable bonds is 7. The summed E-state index contributed by atoms with van der Waals surface area (Å²) in [6, 6.07) is 6.39. The van der Waals surface area contributed by atoms with Gasteiger partial charge in [-0.15, -0.1) is 0 Å². The highest BCUT2D eigenvalue weighted by molar-refractivity contribution is 5.73. The van der Waals surface area contributed by atoms with Crippen molar-refractivity contribution >= 4 is 6.03 Å². The number of hydrazine groups is 1. The fraction of sp³-hybridized carbons (Fsp3) is 0.364. The van der Waals surface area contributed by atoms with Crippen LogP contribution in [0.3, 0.4) is 0 Å². The van der Waals surface area contributed by atoms with Crippen molar-refractivity contribution < 1.29 is 25.1 Å². The second-order valence-electron chi connectivity index (χ2n) is 3.69. The number of urea groups is 1. The van der Waals surface area contributed by atoms with Gasteiger partial charge in [0.1, 0.15) is 12.7 Å². The zero-order valence-corrected chi connectivity index (χ0v) is 10.4. The van der Waals surface area contributed by atoms with Crippen LogP contribution in [0, 0.1) is 0 Å². The van der Waals surface area contributed by atoms with Gasteiger partial charge in [-0.05, 0) is 11.1 Å². The quantitative estimate of drug-likeness (QED) is 0.367. The third kappa shape index (κ3) is 5.20. The average Bonchev–Trinajstić information content (AvgIpc) is 2.42. The van der Waals surface area contributed by atoms with Crippen molar-refractivity contribution in [1.82, 2.24) is 16.2 Å². The molecule has 2 amide bonds. The van der Waals surface area contributed by atoms with E-state index >= 15 is 0 Å².